The molecule has 1 aromatic heterocycles. The molecule has 0 saturated carbocycles. The van der Waals surface area contributed by atoms with Crippen LogP contribution in [0.4, 0.5) is 14.3 Å². The van der Waals surface area contributed by atoms with Crippen molar-refractivity contribution in [2.24, 2.45) is 0 Å². The number of thiazole rings is 1. The minimum absolute atomic E-state index is 0.0285. The second-order valence-corrected chi connectivity index (χ2v) is 6.54. The third-order valence-electron chi connectivity index (χ3n) is 3.05. The zero-order valence-corrected chi connectivity index (χ0v) is 13.0. The number of carbonyl (C=O) groups excluding carboxylic acids is 2. The number of halogens is 1. The van der Waals surface area contributed by atoms with E-state index in [9.17, 15) is 14.0 Å². The highest BCUT2D eigenvalue weighted by Crippen LogP contribution is 2.25. The Hall–Kier alpha value is -1.93. The molecule has 1 aliphatic heterocycles. The van der Waals surface area contributed by atoms with Crippen LogP contribution in [0.15, 0.2) is 29.6 Å². The van der Waals surface area contributed by atoms with Gasteiger partial charge in [-0.2, -0.15) is 0 Å². The Morgan fingerprint density at radius 2 is 2.32 bits per heavy atom. The van der Waals surface area contributed by atoms with Crippen molar-refractivity contribution in [3.05, 3.63) is 35.5 Å². The fourth-order valence-electron chi connectivity index (χ4n) is 2.01. The molecule has 0 unspecified atom stereocenters. The van der Waals surface area contributed by atoms with E-state index in [1.165, 1.54) is 40.1 Å². The number of anilines is 1. The molecule has 1 saturated heterocycles. The lowest BCUT2D eigenvalue weighted by Gasteiger charge is -2.12. The van der Waals surface area contributed by atoms with Crippen molar-refractivity contribution in [3.63, 3.8) is 0 Å². The van der Waals surface area contributed by atoms with Gasteiger partial charge in [-0.05, 0) is 12.1 Å². The summed E-state index contributed by atoms with van der Waals surface area (Å²) in [5, 5.41) is 4.78. The summed E-state index contributed by atoms with van der Waals surface area (Å²) in [5.41, 5.74) is 1.26. The lowest BCUT2D eigenvalue weighted by Crippen LogP contribution is -2.33. The zero-order chi connectivity index (χ0) is 15.5. The highest BCUT2D eigenvalue weighted by molar-refractivity contribution is 8.13. The Kier molecular flexibility index (Phi) is 4.39. The van der Waals surface area contributed by atoms with Gasteiger partial charge in [-0.15, -0.1) is 11.3 Å². The normalized spacial score (nSPS) is 14.4. The predicted molar refractivity (Wildman–Crippen MR) is 85.6 cm³/mol. The number of nitrogens with one attached hydrogen (secondary N) is 1. The molecule has 0 bridgehead atoms. The van der Waals surface area contributed by atoms with Crippen LogP contribution in [0.5, 0.6) is 0 Å². The number of amides is 2. The van der Waals surface area contributed by atoms with Crippen molar-refractivity contribution in [1.29, 1.82) is 0 Å². The third-order valence-corrected chi connectivity index (χ3v) is 4.70. The van der Waals surface area contributed by atoms with E-state index in [-0.39, 0.29) is 23.5 Å². The molecule has 1 N–H and O–H groups in total. The molecule has 0 atom stereocenters. The third kappa shape index (κ3) is 3.45. The van der Waals surface area contributed by atoms with Gasteiger partial charge in [0.05, 0.1) is 5.69 Å². The summed E-state index contributed by atoms with van der Waals surface area (Å²) in [6.07, 6.45) is 0. The summed E-state index contributed by atoms with van der Waals surface area (Å²) in [7, 11) is 0. The summed E-state index contributed by atoms with van der Waals surface area (Å²) >= 11 is 2.48. The van der Waals surface area contributed by atoms with Crippen LogP contribution in [0.25, 0.3) is 11.3 Å². The standard InChI is InChI=1S/C14H12FN3O2S2/c15-10-3-1-2-9(6-10)11-8-22-13(16-11)17-12(19)7-18-4-5-21-14(18)20/h1-3,6,8H,4-5,7H2,(H,16,17,19). The van der Waals surface area contributed by atoms with Crippen LogP contribution in [-0.4, -0.2) is 39.9 Å². The van der Waals surface area contributed by atoms with E-state index in [0.29, 0.717) is 28.7 Å². The Labute approximate surface area is 134 Å². The smallest absolute Gasteiger partial charge is 0.282 e. The van der Waals surface area contributed by atoms with Crippen LogP contribution in [0.2, 0.25) is 0 Å². The molecule has 3 rings (SSSR count). The second kappa shape index (κ2) is 6.45. The monoisotopic (exact) mass is 337 g/mol. The molecule has 114 valence electrons. The van der Waals surface area contributed by atoms with E-state index in [1.807, 2.05) is 0 Å². The molecule has 22 heavy (non-hydrogen) atoms. The molecular weight excluding hydrogens is 325 g/mol. The number of carbonyl (C=O) groups is 2. The Balaban J connectivity index is 1.64. The quantitative estimate of drug-likeness (QED) is 0.931. The van der Waals surface area contributed by atoms with E-state index < -0.39 is 0 Å². The number of hydrogen-bond acceptors (Lipinski definition) is 5. The Bertz CT molecular complexity index is 720. The van der Waals surface area contributed by atoms with Crippen molar-refractivity contribution in [1.82, 2.24) is 9.88 Å². The number of aromatic nitrogens is 1. The second-order valence-electron chi connectivity index (χ2n) is 4.63. The van der Waals surface area contributed by atoms with Crippen LogP contribution in [-0.2, 0) is 4.79 Å². The van der Waals surface area contributed by atoms with E-state index in [0.717, 1.165) is 0 Å². The SMILES string of the molecule is O=C(CN1CCSC1=O)Nc1nc(-c2cccc(F)c2)cs1. The van der Waals surface area contributed by atoms with E-state index in [4.69, 9.17) is 0 Å². The van der Waals surface area contributed by atoms with Gasteiger partial charge in [0.15, 0.2) is 5.13 Å². The van der Waals surface area contributed by atoms with Gasteiger partial charge in [0.25, 0.3) is 5.24 Å². The van der Waals surface area contributed by atoms with Gasteiger partial charge in [0.1, 0.15) is 12.4 Å². The van der Waals surface area contributed by atoms with Crippen LogP contribution in [0.1, 0.15) is 0 Å². The number of benzene rings is 1. The van der Waals surface area contributed by atoms with Crippen molar-refractivity contribution in [3.8, 4) is 11.3 Å². The van der Waals surface area contributed by atoms with Gasteiger partial charge >= 0.3 is 0 Å². The maximum absolute atomic E-state index is 13.2. The average Bonchev–Trinajstić information content (AvgIpc) is 3.09. The molecule has 1 aliphatic rings. The molecule has 8 heteroatoms. The first-order valence-corrected chi connectivity index (χ1v) is 8.41. The highest BCUT2D eigenvalue weighted by Gasteiger charge is 2.23. The number of rotatable bonds is 4. The molecule has 2 amide bonds. The minimum Gasteiger partial charge on any atom is -0.323 e. The van der Waals surface area contributed by atoms with Gasteiger partial charge in [-0.25, -0.2) is 9.37 Å². The molecule has 2 heterocycles. The fraction of sp³-hybridized carbons (Fsp3) is 0.214. The van der Waals surface area contributed by atoms with Gasteiger partial charge in [0, 0.05) is 23.2 Å². The van der Waals surface area contributed by atoms with Crippen LogP contribution < -0.4 is 5.32 Å². The first-order chi connectivity index (χ1) is 10.6. The van der Waals surface area contributed by atoms with E-state index >= 15 is 0 Å². The molecule has 5 nitrogen and oxygen atoms in total. The van der Waals surface area contributed by atoms with Crippen LogP contribution in [0, 0.1) is 5.82 Å². The maximum Gasteiger partial charge on any atom is 0.282 e. The van der Waals surface area contributed by atoms with Crippen LogP contribution in [0.3, 0.4) is 0 Å². The van der Waals surface area contributed by atoms with Gasteiger partial charge < -0.3 is 10.2 Å². The molecule has 1 fully saturated rings. The minimum atomic E-state index is -0.332. The summed E-state index contributed by atoms with van der Waals surface area (Å²) in [4.78, 5) is 29.1. The van der Waals surface area contributed by atoms with E-state index in [1.54, 1.807) is 17.5 Å². The summed E-state index contributed by atoms with van der Waals surface area (Å²) in [6, 6.07) is 6.12. The largest absolute Gasteiger partial charge is 0.323 e. The molecular formula is C14H12FN3O2S2. The molecule has 0 aliphatic carbocycles. The lowest BCUT2D eigenvalue weighted by molar-refractivity contribution is -0.116. The lowest BCUT2D eigenvalue weighted by atomic mass is 10.2. The summed E-state index contributed by atoms with van der Waals surface area (Å²) in [6.45, 7) is 0.615. The predicted octanol–water partition coefficient (Wildman–Crippen LogP) is 3.06. The molecule has 0 spiro atoms. The zero-order valence-electron chi connectivity index (χ0n) is 11.4. The van der Waals surface area contributed by atoms with Gasteiger partial charge in [-0.3, -0.25) is 9.59 Å². The summed E-state index contributed by atoms with van der Waals surface area (Å²) < 4.78 is 13.2. The number of hydrogen-bond donors (Lipinski definition) is 1. The van der Waals surface area contributed by atoms with Crippen LogP contribution >= 0.6 is 23.1 Å². The molecule has 0 radical (unpaired) electrons. The van der Waals surface area contributed by atoms with Gasteiger partial charge in [0.2, 0.25) is 5.91 Å². The molecule has 2 aromatic rings. The van der Waals surface area contributed by atoms with Crippen molar-refractivity contribution >= 4 is 39.4 Å². The average molecular weight is 337 g/mol. The van der Waals surface area contributed by atoms with Gasteiger partial charge in [-0.1, -0.05) is 23.9 Å². The van der Waals surface area contributed by atoms with Crippen molar-refractivity contribution in [2.45, 2.75) is 0 Å². The number of nitrogens with zero attached hydrogens (tertiary/aromatic N) is 2. The van der Waals surface area contributed by atoms with Crippen molar-refractivity contribution in [2.75, 3.05) is 24.2 Å². The molecule has 1 aromatic carbocycles. The fourth-order valence-corrected chi connectivity index (χ4v) is 3.57. The Morgan fingerprint density at radius 1 is 1.45 bits per heavy atom. The number of thioether (sulfide) groups is 1. The maximum atomic E-state index is 13.2. The topological polar surface area (TPSA) is 62.3 Å². The van der Waals surface area contributed by atoms with E-state index in [2.05, 4.69) is 10.3 Å². The summed E-state index contributed by atoms with van der Waals surface area (Å²) in [5.74, 6) is 0.102. The Morgan fingerprint density at radius 3 is 3.05 bits per heavy atom. The first-order valence-electron chi connectivity index (χ1n) is 6.55. The van der Waals surface area contributed by atoms with Crippen molar-refractivity contribution < 1.29 is 14.0 Å². The first kappa shape index (κ1) is 15.0. The highest BCUT2D eigenvalue weighted by atomic mass is 32.2.